The minimum absolute atomic E-state index is 0.00288. The highest BCUT2D eigenvalue weighted by Crippen LogP contribution is 2.32. The molecule has 2 atom stereocenters. The van der Waals surface area contributed by atoms with Gasteiger partial charge in [-0.1, -0.05) is 0 Å². The Balaban J connectivity index is 1.46. The molecule has 2 aromatic heterocycles. The van der Waals surface area contributed by atoms with E-state index in [0.717, 1.165) is 30.7 Å². The minimum atomic E-state index is -0.530. The van der Waals surface area contributed by atoms with Gasteiger partial charge in [-0.15, -0.1) is 5.10 Å². The van der Waals surface area contributed by atoms with Crippen LogP contribution in [0.5, 0.6) is 0 Å². The molecule has 0 saturated carbocycles. The number of amides is 2. The molecule has 0 N–H and O–H groups in total. The maximum Gasteiger partial charge on any atom is 0.410 e. The molecule has 9 nitrogen and oxygen atoms in total. The smallest absolute Gasteiger partial charge is 0.410 e. The fourth-order valence-electron chi connectivity index (χ4n) is 4.44. The van der Waals surface area contributed by atoms with Gasteiger partial charge in [0, 0.05) is 30.5 Å². The maximum absolute atomic E-state index is 13.0. The Morgan fingerprint density at radius 1 is 1.13 bits per heavy atom. The van der Waals surface area contributed by atoms with E-state index in [1.54, 1.807) is 4.52 Å². The van der Waals surface area contributed by atoms with Gasteiger partial charge in [-0.25, -0.2) is 14.3 Å². The number of hydrogen-bond donors (Lipinski definition) is 0. The highest BCUT2D eigenvalue weighted by atomic mass is 16.6. The van der Waals surface area contributed by atoms with Crippen molar-refractivity contribution in [3.63, 3.8) is 0 Å². The van der Waals surface area contributed by atoms with Gasteiger partial charge in [0.1, 0.15) is 5.60 Å². The predicted molar refractivity (Wildman–Crippen MR) is 110 cm³/mol. The number of likely N-dealkylation sites (tertiary alicyclic amines) is 1. The van der Waals surface area contributed by atoms with Gasteiger partial charge in [-0.2, -0.15) is 4.98 Å². The van der Waals surface area contributed by atoms with Gasteiger partial charge in [-0.05, 0) is 59.9 Å². The van der Waals surface area contributed by atoms with E-state index in [1.165, 1.54) is 0 Å². The number of carbonyl (C=O) groups excluding carboxylic acids is 2. The Hall–Kier alpha value is -2.71. The highest BCUT2D eigenvalue weighted by molar-refractivity contribution is 5.78. The number of aromatic nitrogens is 4. The molecular formula is C21H30N6O3. The average molecular weight is 415 g/mol. The molecule has 0 aliphatic carbocycles. The van der Waals surface area contributed by atoms with E-state index >= 15 is 0 Å². The molecule has 2 saturated heterocycles. The molecule has 2 aromatic rings. The Morgan fingerprint density at radius 3 is 2.60 bits per heavy atom. The summed E-state index contributed by atoms with van der Waals surface area (Å²) in [5.41, 5.74) is 1.28. The molecule has 4 heterocycles. The lowest BCUT2D eigenvalue weighted by Crippen LogP contribution is -2.46. The second-order valence-corrected chi connectivity index (χ2v) is 9.36. The predicted octanol–water partition coefficient (Wildman–Crippen LogP) is 2.28. The number of fused-ring (bicyclic) bond motifs is 3. The summed E-state index contributed by atoms with van der Waals surface area (Å²) in [5, 5.41) is 4.45. The number of nitrogens with zero attached hydrogens (tertiary/aromatic N) is 6. The third-order valence-corrected chi connectivity index (χ3v) is 5.71. The van der Waals surface area contributed by atoms with Crippen LogP contribution in [0.15, 0.2) is 6.07 Å². The minimum Gasteiger partial charge on any atom is -0.444 e. The monoisotopic (exact) mass is 414 g/mol. The van der Waals surface area contributed by atoms with Crippen molar-refractivity contribution in [2.24, 2.45) is 0 Å². The van der Waals surface area contributed by atoms with Gasteiger partial charge in [0.05, 0.1) is 12.5 Å². The second kappa shape index (κ2) is 7.52. The topological polar surface area (TPSA) is 92.9 Å². The molecule has 0 radical (unpaired) electrons. The van der Waals surface area contributed by atoms with Crippen molar-refractivity contribution in [3.05, 3.63) is 23.3 Å². The lowest BCUT2D eigenvalue weighted by molar-refractivity contribution is -0.131. The Kier molecular flexibility index (Phi) is 5.15. The van der Waals surface area contributed by atoms with E-state index in [9.17, 15) is 9.59 Å². The molecule has 2 aliphatic rings. The Bertz CT molecular complexity index is 979. The molecule has 0 spiro atoms. The van der Waals surface area contributed by atoms with Crippen LogP contribution in [-0.4, -0.2) is 72.2 Å². The third-order valence-electron chi connectivity index (χ3n) is 5.71. The van der Waals surface area contributed by atoms with Gasteiger partial charge in [-0.3, -0.25) is 4.79 Å². The third kappa shape index (κ3) is 4.11. The van der Waals surface area contributed by atoms with E-state index in [0.29, 0.717) is 24.7 Å². The summed E-state index contributed by atoms with van der Waals surface area (Å²) < 4.78 is 7.28. The number of aryl methyl sites for hydroxylation is 2. The van der Waals surface area contributed by atoms with Crippen LogP contribution in [0, 0.1) is 13.8 Å². The average Bonchev–Trinajstić information content (AvgIpc) is 3.13. The zero-order valence-electron chi connectivity index (χ0n) is 18.4. The lowest BCUT2D eigenvalue weighted by Gasteiger charge is -2.31. The van der Waals surface area contributed by atoms with Crippen molar-refractivity contribution in [2.45, 2.75) is 78.0 Å². The van der Waals surface area contributed by atoms with Crippen LogP contribution < -0.4 is 0 Å². The van der Waals surface area contributed by atoms with Crippen LogP contribution in [-0.2, 0) is 16.0 Å². The van der Waals surface area contributed by atoms with Crippen molar-refractivity contribution in [1.82, 2.24) is 29.4 Å². The van der Waals surface area contributed by atoms with Gasteiger partial charge in [0.25, 0.3) is 5.78 Å². The fourth-order valence-corrected chi connectivity index (χ4v) is 4.44. The number of rotatable bonds is 2. The van der Waals surface area contributed by atoms with E-state index in [4.69, 9.17) is 4.74 Å². The number of hydrogen-bond acceptors (Lipinski definition) is 6. The molecule has 9 heteroatoms. The molecule has 4 rings (SSSR count). The second-order valence-electron chi connectivity index (χ2n) is 9.36. The first-order chi connectivity index (χ1) is 14.1. The van der Waals surface area contributed by atoms with Crippen LogP contribution in [0.2, 0.25) is 0 Å². The quantitative estimate of drug-likeness (QED) is 0.749. The van der Waals surface area contributed by atoms with Crippen molar-refractivity contribution >= 4 is 17.8 Å². The first kappa shape index (κ1) is 20.6. The van der Waals surface area contributed by atoms with E-state index < -0.39 is 5.60 Å². The van der Waals surface area contributed by atoms with Crippen molar-refractivity contribution in [1.29, 1.82) is 0 Å². The standard InChI is InChI=1S/C21H30N6O3/c1-13-10-14(2)27-19(22-13)23-17(24-27)11-18(28)25-9-8-15-6-7-16(12-25)26(15)20(29)30-21(3,4)5/h10,15-16H,6-9,11-12H2,1-5H3/t15-,16+/m1/s1. The molecule has 0 aromatic carbocycles. The summed E-state index contributed by atoms with van der Waals surface area (Å²) in [6.07, 6.45) is 2.47. The van der Waals surface area contributed by atoms with Crippen LogP contribution in [0.1, 0.15) is 57.2 Å². The molecule has 2 fully saturated rings. The van der Waals surface area contributed by atoms with Crippen molar-refractivity contribution in [2.75, 3.05) is 13.1 Å². The summed E-state index contributed by atoms with van der Waals surface area (Å²) in [7, 11) is 0. The summed E-state index contributed by atoms with van der Waals surface area (Å²) in [5.74, 6) is 0.970. The Labute approximate surface area is 176 Å². The van der Waals surface area contributed by atoms with Crippen molar-refractivity contribution in [3.8, 4) is 0 Å². The van der Waals surface area contributed by atoms with E-state index in [-0.39, 0.29) is 30.5 Å². The van der Waals surface area contributed by atoms with Crippen molar-refractivity contribution < 1.29 is 14.3 Å². The summed E-state index contributed by atoms with van der Waals surface area (Å²) in [6.45, 7) is 10.6. The molecule has 30 heavy (non-hydrogen) atoms. The maximum atomic E-state index is 13.0. The largest absolute Gasteiger partial charge is 0.444 e. The first-order valence-electron chi connectivity index (χ1n) is 10.6. The summed E-state index contributed by atoms with van der Waals surface area (Å²) in [4.78, 5) is 38.3. The van der Waals surface area contributed by atoms with E-state index in [2.05, 4.69) is 15.1 Å². The summed E-state index contributed by atoms with van der Waals surface area (Å²) >= 11 is 0. The molecular weight excluding hydrogens is 384 g/mol. The van der Waals surface area contributed by atoms with Crippen LogP contribution in [0.3, 0.4) is 0 Å². The number of ether oxygens (including phenoxy) is 1. The zero-order chi connectivity index (χ0) is 21.6. The molecule has 2 bridgehead atoms. The normalized spacial score (nSPS) is 21.8. The van der Waals surface area contributed by atoms with Crippen LogP contribution in [0.4, 0.5) is 4.79 Å². The van der Waals surface area contributed by atoms with Gasteiger partial charge >= 0.3 is 6.09 Å². The fraction of sp³-hybridized carbons (Fsp3) is 0.667. The van der Waals surface area contributed by atoms with Crippen LogP contribution in [0.25, 0.3) is 5.78 Å². The van der Waals surface area contributed by atoms with E-state index in [1.807, 2.05) is 50.5 Å². The highest BCUT2D eigenvalue weighted by Gasteiger charge is 2.42. The van der Waals surface area contributed by atoms with Gasteiger partial charge in [0.2, 0.25) is 5.91 Å². The number of carbonyl (C=O) groups is 2. The van der Waals surface area contributed by atoms with Gasteiger partial charge < -0.3 is 14.5 Å². The first-order valence-corrected chi connectivity index (χ1v) is 10.6. The SMILES string of the molecule is Cc1cc(C)n2nc(CC(=O)N3CC[C@H]4CC[C@@H](C3)N4C(=O)OC(C)(C)C)nc2n1. The Morgan fingerprint density at radius 2 is 1.87 bits per heavy atom. The lowest BCUT2D eigenvalue weighted by atomic mass is 10.1. The molecule has 2 aliphatic heterocycles. The van der Waals surface area contributed by atoms with Gasteiger partial charge in [0.15, 0.2) is 5.82 Å². The zero-order valence-corrected chi connectivity index (χ0v) is 18.4. The molecule has 2 amide bonds. The summed E-state index contributed by atoms with van der Waals surface area (Å²) in [6, 6.07) is 2.06. The van der Waals surface area contributed by atoms with Crippen LogP contribution >= 0.6 is 0 Å². The molecule has 162 valence electrons. The molecule has 0 unspecified atom stereocenters.